The van der Waals surface area contributed by atoms with Gasteiger partial charge < -0.3 is 10.1 Å². The molecular formula is C16H19N3O3. The maximum Gasteiger partial charge on any atom is 0.266 e. The number of nitrogens with one attached hydrogen (secondary N) is 1. The fourth-order valence-corrected chi connectivity index (χ4v) is 2.00. The molecule has 0 saturated carbocycles. The first-order chi connectivity index (χ1) is 10.7. The third-order valence-electron chi connectivity index (χ3n) is 3.18. The van der Waals surface area contributed by atoms with Crippen LogP contribution in [0.4, 0.5) is 0 Å². The Hall–Kier alpha value is -2.63. The normalized spacial score (nSPS) is 10.2. The van der Waals surface area contributed by atoms with E-state index < -0.39 is 0 Å². The van der Waals surface area contributed by atoms with Gasteiger partial charge in [-0.3, -0.25) is 9.59 Å². The molecule has 1 aromatic carbocycles. The van der Waals surface area contributed by atoms with E-state index in [1.54, 1.807) is 19.4 Å². The minimum absolute atomic E-state index is 0.0430. The van der Waals surface area contributed by atoms with Crippen LogP contribution in [0, 0.1) is 0 Å². The number of aromatic nitrogens is 2. The number of methoxy groups -OCH3 is 1. The largest absolute Gasteiger partial charge is 0.497 e. The highest BCUT2D eigenvalue weighted by atomic mass is 16.5. The molecule has 116 valence electrons. The minimum atomic E-state index is -0.132. The molecule has 0 unspecified atom stereocenters. The zero-order valence-electron chi connectivity index (χ0n) is 12.5. The topological polar surface area (TPSA) is 73.2 Å². The number of hydrogen-bond acceptors (Lipinski definition) is 4. The van der Waals surface area contributed by atoms with E-state index in [4.69, 9.17) is 4.74 Å². The zero-order valence-corrected chi connectivity index (χ0v) is 12.5. The lowest BCUT2D eigenvalue weighted by Gasteiger charge is -2.07. The van der Waals surface area contributed by atoms with Gasteiger partial charge in [0.2, 0.25) is 5.91 Å². The number of benzene rings is 1. The maximum atomic E-state index is 11.8. The van der Waals surface area contributed by atoms with Crippen LogP contribution in [0.15, 0.2) is 47.4 Å². The number of hydrogen-bond donors (Lipinski definition) is 1. The summed E-state index contributed by atoms with van der Waals surface area (Å²) in [6.07, 6.45) is 2.56. The second-order valence-electron chi connectivity index (χ2n) is 4.81. The average Bonchev–Trinajstić information content (AvgIpc) is 2.54. The van der Waals surface area contributed by atoms with E-state index in [0.717, 1.165) is 11.3 Å². The fourth-order valence-electron chi connectivity index (χ4n) is 2.00. The molecule has 1 amide bonds. The van der Waals surface area contributed by atoms with Crippen molar-refractivity contribution in [1.82, 2.24) is 15.1 Å². The molecule has 6 heteroatoms. The van der Waals surface area contributed by atoms with Crippen LogP contribution < -0.4 is 15.6 Å². The van der Waals surface area contributed by atoms with E-state index >= 15 is 0 Å². The van der Waals surface area contributed by atoms with E-state index in [9.17, 15) is 9.59 Å². The molecule has 0 spiro atoms. The Labute approximate surface area is 128 Å². The summed E-state index contributed by atoms with van der Waals surface area (Å²) < 4.78 is 6.46. The fraction of sp³-hybridized carbons (Fsp3) is 0.312. The Kier molecular flexibility index (Phi) is 5.71. The van der Waals surface area contributed by atoms with Gasteiger partial charge >= 0.3 is 0 Å². The van der Waals surface area contributed by atoms with Gasteiger partial charge in [-0.2, -0.15) is 5.10 Å². The predicted octanol–water partition coefficient (Wildman–Crippen LogP) is 1.00. The summed E-state index contributed by atoms with van der Waals surface area (Å²) in [6, 6.07) is 10.5. The van der Waals surface area contributed by atoms with Crippen molar-refractivity contribution in [2.24, 2.45) is 0 Å². The lowest BCUT2D eigenvalue weighted by molar-refractivity contribution is -0.120. The van der Waals surface area contributed by atoms with Crippen LogP contribution in [-0.2, 0) is 17.8 Å². The van der Waals surface area contributed by atoms with Crippen molar-refractivity contribution in [3.05, 3.63) is 58.5 Å². The molecule has 2 aromatic rings. The summed E-state index contributed by atoms with van der Waals surface area (Å²) in [4.78, 5) is 23.3. The smallest absolute Gasteiger partial charge is 0.266 e. The Balaban J connectivity index is 1.71. The van der Waals surface area contributed by atoms with E-state index in [0.29, 0.717) is 25.9 Å². The summed E-state index contributed by atoms with van der Waals surface area (Å²) in [5, 5.41) is 6.79. The van der Waals surface area contributed by atoms with Gasteiger partial charge in [0, 0.05) is 25.4 Å². The van der Waals surface area contributed by atoms with Crippen molar-refractivity contribution in [1.29, 1.82) is 0 Å². The van der Waals surface area contributed by atoms with Gasteiger partial charge in [0.15, 0.2) is 0 Å². The Morgan fingerprint density at radius 3 is 2.73 bits per heavy atom. The second-order valence-corrected chi connectivity index (χ2v) is 4.81. The predicted molar refractivity (Wildman–Crippen MR) is 82.8 cm³/mol. The van der Waals surface area contributed by atoms with Crippen molar-refractivity contribution in [3.8, 4) is 5.75 Å². The average molecular weight is 301 g/mol. The SMILES string of the molecule is COc1ccc(CC(=O)NCCCn2ncccc2=O)cc1. The molecule has 0 saturated heterocycles. The molecule has 6 nitrogen and oxygen atoms in total. The van der Waals surface area contributed by atoms with Crippen molar-refractivity contribution >= 4 is 5.91 Å². The molecule has 2 rings (SSSR count). The van der Waals surface area contributed by atoms with Gasteiger partial charge in [-0.1, -0.05) is 12.1 Å². The van der Waals surface area contributed by atoms with Crippen molar-refractivity contribution < 1.29 is 9.53 Å². The first-order valence-electron chi connectivity index (χ1n) is 7.11. The van der Waals surface area contributed by atoms with Crippen LogP contribution in [0.25, 0.3) is 0 Å². The van der Waals surface area contributed by atoms with E-state index in [1.807, 2.05) is 24.3 Å². The van der Waals surface area contributed by atoms with Gasteiger partial charge in [-0.25, -0.2) is 4.68 Å². The lowest BCUT2D eigenvalue weighted by atomic mass is 10.1. The third kappa shape index (κ3) is 4.73. The first-order valence-corrected chi connectivity index (χ1v) is 7.11. The Bertz CT molecular complexity index is 665. The highest BCUT2D eigenvalue weighted by molar-refractivity contribution is 5.78. The first kappa shape index (κ1) is 15.8. The van der Waals surface area contributed by atoms with Gasteiger partial charge in [0.05, 0.1) is 13.5 Å². The molecule has 1 heterocycles. The minimum Gasteiger partial charge on any atom is -0.497 e. The Morgan fingerprint density at radius 2 is 2.05 bits per heavy atom. The molecular weight excluding hydrogens is 282 g/mol. The van der Waals surface area contributed by atoms with Crippen LogP contribution in [0.3, 0.4) is 0 Å². The van der Waals surface area contributed by atoms with Gasteiger partial charge in [-0.05, 0) is 30.2 Å². The number of carbonyl (C=O) groups is 1. The molecule has 22 heavy (non-hydrogen) atoms. The van der Waals surface area contributed by atoms with E-state index in [1.165, 1.54) is 10.7 Å². The van der Waals surface area contributed by atoms with Gasteiger partial charge in [0.25, 0.3) is 5.56 Å². The molecule has 0 radical (unpaired) electrons. The number of aryl methyl sites for hydroxylation is 1. The van der Waals surface area contributed by atoms with Gasteiger partial charge in [-0.15, -0.1) is 0 Å². The number of ether oxygens (including phenoxy) is 1. The number of amides is 1. The second kappa shape index (κ2) is 7.97. The molecule has 1 aromatic heterocycles. The lowest BCUT2D eigenvalue weighted by Crippen LogP contribution is -2.28. The molecule has 0 aliphatic heterocycles. The van der Waals surface area contributed by atoms with Crippen LogP contribution in [0.1, 0.15) is 12.0 Å². The van der Waals surface area contributed by atoms with Crippen molar-refractivity contribution in [2.45, 2.75) is 19.4 Å². The monoisotopic (exact) mass is 301 g/mol. The van der Waals surface area contributed by atoms with Crippen LogP contribution in [0.2, 0.25) is 0 Å². The molecule has 0 bridgehead atoms. The molecule has 1 N–H and O–H groups in total. The number of nitrogens with zero attached hydrogens (tertiary/aromatic N) is 2. The molecule has 0 aliphatic carbocycles. The summed E-state index contributed by atoms with van der Waals surface area (Å²) in [7, 11) is 1.61. The third-order valence-corrected chi connectivity index (χ3v) is 3.18. The van der Waals surface area contributed by atoms with Crippen molar-refractivity contribution in [3.63, 3.8) is 0 Å². The highest BCUT2D eigenvalue weighted by Crippen LogP contribution is 2.11. The summed E-state index contributed by atoms with van der Waals surface area (Å²) in [5.41, 5.74) is 0.798. The summed E-state index contributed by atoms with van der Waals surface area (Å²) >= 11 is 0. The number of rotatable bonds is 7. The van der Waals surface area contributed by atoms with Crippen LogP contribution in [0.5, 0.6) is 5.75 Å². The molecule has 0 aliphatic rings. The quantitative estimate of drug-likeness (QED) is 0.774. The van der Waals surface area contributed by atoms with E-state index in [-0.39, 0.29) is 11.5 Å². The standard InChI is InChI=1S/C16H19N3O3/c1-22-14-7-5-13(6-8-14)12-15(20)17-9-3-11-19-16(21)4-2-10-18-19/h2,4-8,10H,3,9,11-12H2,1H3,(H,17,20). The van der Waals surface area contributed by atoms with Crippen molar-refractivity contribution in [2.75, 3.05) is 13.7 Å². The molecule has 0 fully saturated rings. The molecule has 0 atom stereocenters. The Morgan fingerprint density at radius 1 is 1.27 bits per heavy atom. The summed E-state index contributed by atoms with van der Waals surface area (Å²) in [5.74, 6) is 0.725. The highest BCUT2D eigenvalue weighted by Gasteiger charge is 2.03. The zero-order chi connectivity index (χ0) is 15.8. The van der Waals surface area contributed by atoms with E-state index in [2.05, 4.69) is 10.4 Å². The maximum absolute atomic E-state index is 11.8. The summed E-state index contributed by atoms with van der Waals surface area (Å²) in [6.45, 7) is 1.00. The van der Waals surface area contributed by atoms with Gasteiger partial charge in [0.1, 0.15) is 5.75 Å². The van der Waals surface area contributed by atoms with Crippen LogP contribution in [-0.4, -0.2) is 29.3 Å². The number of carbonyl (C=O) groups excluding carboxylic acids is 1. The van der Waals surface area contributed by atoms with Crippen LogP contribution >= 0.6 is 0 Å².